The Morgan fingerprint density at radius 3 is 2.58 bits per heavy atom. The Bertz CT molecular complexity index is 375. The van der Waals surface area contributed by atoms with Gasteiger partial charge in [0.15, 0.2) is 0 Å². The third kappa shape index (κ3) is 5.85. The van der Waals surface area contributed by atoms with Gasteiger partial charge in [0, 0.05) is 19.7 Å². The fourth-order valence-corrected chi connectivity index (χ4v) is 1.92. The van der Waals surface area contributed by atoms with Crippen molar-refractivity contribution in [3.63, 3.8) is 0 Å². The number of unbranched alkanes of at least 4 members (excludes halogenated alkanes) is 1. The van der Waals surface area contributed by atoms with Gasteiger partial charge in [0.2, 0.25) is 0 Å². The molecule has 0 heterocycles. The van der Waals surface area contributed by atoms with E-state index in [1.165, 1.54) is 12.8 Å². The average Bonchev–Trinajstić information content (AvgIpc) is 2.42. The molecule has 0 aromatic heterocycles. The van der Waals surface area contributed by atoms with Gasteiger partial charge in [-0.1, -0.05) is 31.9 Å². The van der Waals surface area contributed by atoms with Crippen LogP contribution in [0.4, 0.5) is 0 Å². The largest absolute Gasteiger partial charge is 0.478 e. The first kappa shape index (κ1) is 15.7. The summed E-state index contributed by atoms with van der Waals surface area (Å²) in [4.78, 5) is 10.7. The number of aromatic carboxylic acids is 1. The second kappa shape index (κ2) is 8.67. The lowest BCUT2D eigenvalue weighted by Gasteiger charge is -2.17. The molecule has 4 nitrogen and oxygen atoms in total. The van der Waals surface area contributed by atoms with Crippen LogP contribution in [0.25, 0.3) is 0 Å². The van der Waals surface area contributed by atoms with Crippen LogP contribution >= 0.6 is 0 Å². The van der Waals surface area contributed by atoms with E-state index in [1.54, 1.807) is 19.2 Å². The van der Waals surface area contributed by atoms with Gasteiger partial charge in [-0.15, -0.1) is 0 Å². The van der Waals surface area contributed by atoms with Crippen LogP contribution in [0.1, 0.15) is 42.1 Å². The lowest BCUT2D eigenvalue weighted by Crippen LogP contribution is -2.32. The van der Waals surface area contributed by atoms with Gasteiger partial charge >= 0.3 is 5.97 Å². The normalized spacial score (nSPS) is 12.3. The molecule has 0 amide bonds. The van der Waals surface area contributed by atoms with Gasteiger partial charge in [0.25, 0.3) is 0 Å². The molecule has 2 N–H and O–H groups in total. The highest BCUT2D eigenvalue weighted by Crippen LogP contribution is 2.06. The summed E-state index contributed by atoms with van der Waals surface area (Å²) in [5.74, 6) is -0.889. The summed E-state index contributed by atoms with van der Waals surface area (Å²) < 4.78 is 5.20. The van der Waals surface area contributed by atoms with Gasteiger partial charge in [0.1, 0.15) is 0 Å². The standard InChI is InChI=1S/C15H23NO3/c1-3-4-5-14(11-19-2)16-10-12-6-8-13(9-7-12)15(17)18/h6-9,14,16H,3-5,10-11H2,1-2H3,(H,17,18). The molecule has 0 spiro atoms. The van der Waals surface area contributed by atoms with Gasteiger partial charge in [-0.05, 0) is 24.1 Å². The molecule has 106 valence electrons. The zero-order valence-corrected chi connectivity index (χ0v) is 11.7. The Labute approximate surface area is 114 Å². The molecule has 1 rings (SSSR count). The Balaban J connectivity index is 2.46. The molecule has 19 heavy (non-hydrogen) atoms. The van der Waals surface area contributed by atoms with Gasteiger partial charge in [-0.2, -0.15) is 0 Å². The number of rotatable bonds is 9. The van der Waals surface area contributed by atoms with E-state index in [-0.39, 0.29) is 0 Å². The van der Waals surface area contributed by atoms with Crippen molar-refractivity contribution in [3.05, 3.63) is 35.4 Å². The summed E-state index contributed by atoms with van der Waals surface area (Å²) in [6.45, 7) is 3.61. The van der Waals surface area contributed by atoms with Crippen molar-refractivity contribution >= 4 is 5.97 Å². The van der Waals surface area contributed by atoms with Crippen molar-refractivity contribution in [2.75, 3.05) is 13.7 Å². The first-order valence-electron chi connectivity index (χ1n) is 6.72. The molecule has 1 aromatic carbocycles. The maximum atomic E-state index is 10.7. The summed E-state index contributed by atoms with van der Waals surface area (Å²) in [5, 5.41) is 12.3. The van der Waals surface area contributed by atoms with E-state index in [1.807, 2.05) is 12.1 Å². The van der Waals surface area contributed by atoms with Crippen molar-refractivity contribution in [1.82, 2.24) is 5.32 Å². The molecule has 1 atom stereocenters. The van der Waals surface area contributed by atoms with Crippen LogP contribution in [0.15, 0.2) is 24.3 Å². The molecule has 0 saturated heterocycles. The van der Waals surface area contributed by atoms with Crippen LogP contribution < -0.4 is 5.32 Å². The zero-order valence-electron chi connectivity index (χ0n) is 11.7. The quantitative estimate of drug-likeness (QED) is 0.720. The smallest absolute Gasteiger partial charge is 0.335 e. The fourth-order valence-electron chi connectivity index (χ4n) is 1.92. The van der Waals surface area contributed by atoms with E-state index in [2.05, 4.69) is 12.2 Å². The lowest BCUT2D eigenvalue weighted by atomic mass is 10.1. The van der Waals surface area contributed by atoms with Crippen molar-refractivity contribution in [2.45, 2.75) is 38.8 Å². The number of benzene rings is 1. The number of nitrogens with one attached hydrogen (secondary N) is 1. The van der Waals surface area contributed by atoms with Crippen LogP contribution in [0, 0.1) is 0 Å². The minimum absolute atomic E-state index is 0.322. The number of hydrogen-bond acceptors (Lipinski definition) is 3. The van der Waals surface area contributed by atoms with Gasteiger partial charge in [-0.3, -0.25) is 0 Å². The maximum Gasteiger partial charge on any atom is 0.335 e. The zero-order chi connectivity index (χ0) is 14.1. The fraction of sp³-hybridized carbons (Fsp3) is 0.533. The molecular formula is C15H23NO3. The molecule has 0 radical (unpaired) electrons. The molecule has 0 aliphatic rings. The Kier molecular flexibility index (Phi) is 7.15. The first-order valence-corrected chi connectivity index (χ1v) is 6.72. The first-order chi connectivity index (χ1) is 9.17. The summed E-state index contributed by atoms with van der Waals surface area (Å²) in [6.07, 6.45) is 3.45. The van der Waals surface area contributed by atoms with E-state index >= 15 is 0 Å². The molecule has 0 aliphatic carbocycles. The number of methoxy groups -OCH3 is 1. The number of hydrogen-bond donors (Lipinski definition) is 2. The second-order valence-corrected chi connectivity index (χ2v) is 4.68. The third-order valence-electron chi connectivity index (χ3n) is 3.07. The highest BCUT2D eigenvalue weighted by atomic mass is 16.5. The van der Waals surface area contributed by atoms with Crippen LogP contribution in [-0.2, 0) is 11.3 Å². The van der Waals surface area contributed by atoms with Crippen LogP contribution in [0.5, 0.6) is 0 Å². The van der Waals surface area contributed by atoms with E-state index in [0.29, 0.717) is 18.2 Å². The van der Waals surface area contributed by atoms with Gasteiger partial charge in [-0.25, -0.2) is 4.79 Å². The molecular weight excluding hydrogens is 242 g/mol. The number of ether oxygens (including phenoxy) is 1. The highest BCUT2D eigenvalue weighted by molar-refractivity contribution is 5.87. The predicted octanol–water partition coefficient (Wildman–Crippen LogP) is 2.68. The molecule has 0 saturated carbocycles. The van der Waals surface area contributed by atoms with E-state index in [0.717, 1.165) is 18.5 Å². The van der Waals surface area contributed by atoms with Crippen LogP contribution in [0.3, 0.4) is 0 Å². The molecule has 1 unspecified atom stereocenters. The third-order valence-corrected chi connectivity index (χ3v) is 3.07. The second-order valence-electron chi connectivity index (χ2n) is 4.68. The summed E-state index contributed by atoms with van der Waals surface area (Å²) >= 11 is 0. The van der Waals surface area contributed by atoms with Gasteiger partial charge < -0.3 is 15.2 Å². The Hall–Kier alpha value is -1.39. The van der Waals surface area contributed by atoms with Crippen LogP contribution in [0.2, 0.25) is 0 Å². The average molecular weight is 265 g/mol. The van der Waals surface area contributed by atoms with Crippen molar-refractivity contribution in [3.8, 4) is 0 Å². The minimum Gasteiger partial charge on any atom is -0.478 e. The maximum absolute atomic E-state index is 10.7. The topological polar surface area (TPSA) is 58.6 Å². The molecule has 1 aromatic rings. The molecule has 0 bridgehead atoms. The number of carboxylic acid groups (broad SMARTS) is 1. The van der Waals surface area contributed by atoms with Crippen molar-refractivity contribution in [1.29, 1.82) is 0 Å². The lowest BCUT2D eigenvalue weighted by molar-refractivity contribution is 0.0697. The van der Waals surface area contributed by atoms with Crippen molar-refractivity contribution in [2.24, 2.45) is 0 Å². The number of carboxylic acids is 1. The van der Waals surface area contributed by atoms with E-state index in [9.17, 15) is 4.79 Å². The van der Waals surface area contributed by atoms with E-state index in [4.69, 9.17) is 9.84 Å². The highest BCUT2D eigenvalue weighted by Gasteiger charge is 2.07. The van der Waals surface area contributed by atoms with Crippen LogP contribution in [-0.4, -0.2) is 30.8 Å². The molecule has 4 heteroatoms. The minimum atomic E-state index is -0.889. The van der Waals surface area contributed by atoms with Gasteiger partial charge in [0.05, 0.1) is 12.2 Å². The Morgan fingerprint density at radius 1 is 1.37 bits per heavy atom. The molecule has 0 aliphatic heterocycles. The predicted molar refractivity (Wildman–Crippen MR) is 75.4 cm³/mol. The molecule has 0 fully saturated rings. The Morgan fingerprint density at radius 2 is 2.05 bits per heavy atom. The van der Waals surface area contributed by atoms with Crippen molar-refractivity contribution < 1.29 is 14.6 Å². The SMILES string of the molecule is CCCCC(COC)NCc1ccc(C(=O)O)cc1. The monoisotopic (exact) mass is 265 g/mol. The summed E-state index contributed by atoms with van der Waals surface area (Å²) in [5.41, 5.74) is 1.41. The number of carbonyl (C=O) groups is 1. The summed E-state index contributed by atoms with van der Waals surface area (Å²) in [7, 11) is 1.71. The van der Waals surface area contributed by atoms with E-state index < -0.39 is 5.97 Å². The summed E-state index contributed by atoms with van der Waals surface area (Å²) in [6, 6.07) is 7.32.